The molecule has 1 aliphatic heterocycles. The highest BCUT2D eigenvalue weighted by atomic mass is 15.2. The second-order valence-corrected chi connectivity index (χ2v) is 4.51. The Labute approximate surface area is 101 Å². The molecule has 0 saturated carbocycles. The third kappa shape index (κ3) is 1.90. The zero-order valence-electron chi connectivity index (χ0n) is 9.95. The van der Waals surface area contributed by atoms with Gasteiger partial charge in [-0.25, -0.2) is 9.97 Å². The largest absolute Gasteiger partial charge is 0.354 e. The molecule has 1 fully saturated rings. The van der Waals surface area contributed by atoms with Crippen LogP contribution in [0.2, 0.25) is 0 Å². The van der Waals surface area contributed by atoms with Gasteiger partial charge in [0.2, 0.25) is 0 Å². The van der Waals surface area contributed by atoms with Crippen molar-refractivity contribution in [2.75, 3.05) is 11.4 Å². The van der Waals surface area contributed by atoms with Gasteiger partial charge in [-0.05, 0) is 31.9 Å². The summed E-state index contributed by atoms with van der Waals surface area (Å²) in [5.41, 5.74) is 0. The quantitative estimate of drug-likeness (QED) is 0.790. The normalized spacial score (nSPS) is 19.8. The van der Waals surface area contributed by atoms with Crippen molar-refractivity contribution in [3.63, 3.8) is 0 Å². The summed E-state index contributed by atoms with van der Waals surface area (Å²) in [6.07, 6.45) is 7.99. The Bertz CT molecular complexity index is 492. The lowest BCUT2D eigenvalue weighted by Crippen LogP contribution is -2.27. The molecule has 1 saturated heterocycles. The van der Waals surface area contributed by atoms with E-state index in [-0.39, 0.29) is 0 Å². The first-order valence-electron chi connectivity index (χ1n) is 6.06. The monoisotopic (exact) mass is 228 g/mol. The fourth-order valence-electron chi connectivity index (χ4n) is 2.38. The molecule has 0 bridgehead atoms. The van der Waals surface area contributed by atoms with Gasteiger partial charge in [-0.3, -0.25) is 4.57 Å². The molecule has 0 radical (unpaired) electrons. The predicted octanol–water partition coefficient (Wildman–Crippen LogP) is 2.26. The maximum atomic E-state index is 4.70. The van der Waals surface area contributed by atoms with Crippen LogP contribution in [-0.2, 0) is 0 Å². The molecule has 88 valence electrons. The number of aromatic nitrogens is 3. The molecule has 1 unspecified atom stereocenters. The van der Waals surface area contributed by atoms with E-state index in [2.05, 4.69) is 28.9 Å². The highest BCUT2D eigenvalue weighted by molar-refractivity contribution is 5.44. The molecule has 4 heteroatoms. The topological polar surface area (TPSA) is 34.0 Å². The van der Waals surface area contributed by atoms with Crippen LogP contribution in [0.5, 0.6) is 0 Å². The van der Waals surface area contributed by atoms with Gasteiger partial charge in [-0.2, -0.15) is 0 Å². The minimum atomic E-state index is 0.598. The molecule has 4 nitrogen and oxygen atoms in total. The molecule has 1 aliphatic rings. The molecule has 17 heavy (non-hydrogen) atoms. The number of hydrogen-bond acceptors (Lipinski definition) is 3. The van der Waals surface area contributed by atoms with E-state index < -0.39 is 0 Å². The van der Waals surface area contributed by atoms with Crippen molar-refractivity contribution in [2.45, 2.75) is 25.8 Å². The maximum Gasteiger partial charge on any atom is 0.140 e. The minimum Gasteiger partial charge on any atom is -0.354 e. The molecule has 0 aliphatic carbocycles. The van der Waals surface area contributed by atoms with Gasteiger partial charge in [0, 0.05) is 25.0 Å². The van der Waals surface area contributed by atoms with Crippen molar-refractivity contribution < 1.29 is 0 Å². The van der Waals surface area contributed by atoms with Crippen molar-refractivity contribution in [3.8, 4) is 5.82 Å². The van der Waals surface area contributed by atoms with Gasteiger partial charge in [0.25, 0.3) is 0 Å². The summed E-state index contributed by atoms with van der Waals surface area (Å²) in [4.78, 5) is 11.1. The van der Waals surface area contributed by atoms with Crippen LogP contribution < -0.4 is 4.90 Å². The van der Waals surface area contributed by atoms with Crippen molar-refractivity contribution in [1.29, 1.82) is 0 Å². The number of imidazole rings is 1. The van der Waals surface area contributed by atoms with Crippen LogP contribution in [0.3, 0.4) is 0 Å². The Morgan fingerprint density at radius 3 is 2.88 bits per heavy atom. The Hall–Kier alpha value is -1.84. The SMILES string of the molecule is CC1CCCN1c1cccc(-n2ccnc2)n1. The van der Waals surface area contributed by atoms with Gasteiger partial charge in [-0.1, -0.05) is 6.07 Å². The summed E-state index contributed by atoms with van der Waals surface area (Å²) in [6.45, 7) is 3.38. The van der Waals surface area contributed by atoms with Crippen LogP contribution in [0.4, 0.5) is 5.82 Å². The van der Waals surface area contributed by atoms with E-state index in [1.165, 1.54) is 12.8 Å². The number of pyridine rings is 1. The highest BCUT2D eigenvalue weighted by Crippen LogP contribution is 2.23. The Morgan fingerprint density at radius 1 is 1.29 bits per heavy atom. The number of nitrogens with zero attached hydrogens (tertiary/aromatic N) is 4. The lowest BCUT2D eigenvalue weighted by Gasteiger charge is -2.22. The standard InChI is InChI=1S/C13H16N4/c1-11-4-3-8-17(11)13-6-2-5-12(15-13)16-9-7-14-10-16/h2,5-7,9-11H,3-4,8H2,1H3. The van der Waals surface area contributed by atoms with E-state index in [1.54, 1.807) is 12.5 Å². The molecule has 3 rings (SSSR count). The molecular weight excluding hydrogens is 212 g/mol. The zero-order chi connectivity index (χ0) is 11.7. The second kappa shape index (κ2) is 4.20. The van der Waals surface area contributed by atoms with Gasteiger partial charge >= 0.3 is 0 Å². The third-order valence-corrected chi connectivity index (χ3v) is 3.34. The van der Waals surface area contributed by atoms with Crippen LogP contribution in [0.15, 0.2) is 36.9 Å². The molecule has 0 aromatic carbocycles. The maximum absolute atomic E-state index is 4.70. The molecule has 3 heterocycles. The highest BCUT2D eigenvalue weighted by Gasteiger charge is 2.21. The fraction of sp³-hybridized carbons (Fsp3) is 0.385. The summed E-state index contributed by atoms with van der Waals surface area (Å²) in [5, 5.41) is 0. The second-order valence-electron chi connectivity index (χ2n) is 4.51. The number of rotatable bonds is 2. The smallest absolute Gasteiger partial charge is 0.140 e. The first-order valence-corrected chi connectivity index (χ1v) is 6.06. The van der Waals surface area contributed by atoms with Gasteiger partial charge in [0.05, 0.1) is 0 Å². The molecule has 0 amide bonds. The zero-order valence-corrected chi connectivity index (χ0v) is 9.95. The van der Waals surface area contributed by atoms with Crippen molar-refractivity contribution in [3.05, 3.63) is 36.9 Å². The van der Waals surface area contributed by atoms with Crippen molar-refractivity contribution >= 4 is 5.82 Å². The summed E-state index contributed by atoms with van der Waals surface area (Å²) >= 11 is 0. The third-order valence-electron chi connectivity index (χ3n) is 3.34. The first kappa shape index (κ1) is 10.3. The lowest BCUT2D eigenvalue weighted by atomic mass is 10.2. The lowest BCUT2D eigenvalue weighted by molar-refractivity contribution is 0.726. The Kier molecular flexibility index (Phi) is 2.55. The molecule has 2 aromatic heterocycles. The van der Waals surface area contributed by atoms with Crippen LogP contribution in [0.25, 0.3) is 5.82 Å². The van der Waals surface area contributed by atoms with E-state index in [0.717, 1.165) is 18.2 Å². The summed E-state index contributed by atoms with van der Waals surface area (Å²) in [5.74, 6) is 2.00. The van der Waals surface area contributed by atoms with E-state index in [9.17, 15) is 0 Å². The summed E-state index contributed by atoms with van der Waals surface area (Å²) in [6, 6.07) is 6.75. The van der Waals surface area contributed by atoms with Gasteiger partial charge in [-0.15, -0.1) is 0 Å². The molecule has 1 atom stereocenters. The minimum absolute atomic E-state index is 0.598. The van der Waals surface area contributed by atoms with Gasteiger partial charge in [0.1, 0.15) is 18.0 Å². The van der Waals surface area contributed by atoms with Crippen molar-refractivity contribution in [1.82, 2.24) is 14.5 Å². The number of anilines is 1. The van der Waals surface area contributed by atoms with Gasteiger partial charge < -0.3 is 4.90 Å². The molecule has 0 spiro atoms. The average Bonchev–Trinajstić information content (AvgIpc) is 2.99. The van der Waals surface area contributed by atoms with E-state index >= 15 is 0 Å². The average molecular weight is 228 g/mol. The van der Waals surface area contributed by atoms with Crippen LogP contribution in [-0.4, -0.2) is 27.1 Å². The van der Waals surface area contributed by atoms with Gasteiger partial charge in [0.15, 0.2) is 0 Å². The fourth-order valence-corrected chi connectivity index (χ4v) is 2.38. The number of hydrogen-bond donors (Lipinski definition) is 0. The molecular formula is C13H16N4. The Balaban J connectivity index is 1.94. The first-order chi connectivity index (χ1) is 8.34. The van der Waals surface area contributed by atoms with E-state index in [0.29, 0.717) is 6.04 Å². The van der Waals surface area contributed by atoms with Crippen LogP contribution in [0, 0.1) is 0 Å². The van der Waals surface area contributed by atoms with Crippen LogP contribution >= 0.6 is 0 Å². The summed E-state index contributed by atoms with van der Waals surface area (Å²) in [7, 11) is 0. The van der Waals surface area contributed by atoms with Crippen LogP contribution in [0.1, 0.15) is 19.8 Å². The molecule has 2 aromatic rings. The Morgan fingerprint density at radius 2 is 2.18 bits per heavy atom. The predicted molar refractivity (Wildman–Crippen MR) is 67.4 cm³/mol. The summed E-state index contributed by atoms with van der Waals surface area (Å²) < 4.78 is 1.93. The molecule has 0 N–H and O–H groups in total. The van der Waals surface area contributed by atoms with E-state index in [4.69, 9.17) is 4.98 Å². The van der Waals surface area contributed by atoms with Crippen molar-refractivity contribution in [2.24, 2.45) is 0 Å². The van der Waals surface area contributed by atoms with E-state index in [1.807, 2.05) is 16.8 Å².